The molecular formula is C17H22N2O3. The fourth-order valence-electron chi connectivity index (χ4n) is 2.23. The van der Waals surface area contributed by atoms with E-state index in [2.05, 4.69) is 23.8 Å². The van der Waals surface area contributed by atoms with Crippen LogP contribution in [0.1, 0.15) is 33.1 Å². The summed E-state index contributed by atoms with van der Waals surface area (Å²) in [6, 6.07) is 7.81. The molecule has 0 fully saturated rings. The first-order valence-electron chi connectivity index (χ1n) is 7.40. The van der Waals surface area contributed by atoms with Crippen molar-refractivity contribution >= 4 is 5.97 Å². The Balaban J connectivity index is 1.94. The van der Waals surface area contributed by atoms with Crippen molar-refractivity contribution in [2.24, 2.45) is 5.41 Å². The first kappa shape index (κ1) is 16.1. The van der Waals surface area contributed by atoms with Gasteiger partial charge in [-0.3, -0.25) is 4.79 Å². The van der Waals surface area contributed by atoms with Gasteiger partial charge in [0.15, 0.2) is 0 Å². The van der Waals surface area contributed by atoms with Crippen molar-refractivity contribution in [1.29, 1.82) is 0 Å². The molecule has 0 bridgehead atoms. The Hall–Kier alpha value is -2.30. The highest BCUT2D eigenvalue weighted by atomic mass is 16.5. The van der Waals surface area contributed by atoms with Crippen molar-refractivity contribution in [3.63, 3.8) is 0 Å². The molecule has 0 aliphatic rings. The van der Waals surface area contributed by atoms with Gasteiger partial charge in [0.05, 0.1) is 24.8 Å². The zero-order valence-corrected chi connectivity index (χ0v) is 13.0. The summed E-state index contributed by atoms with van der Waals surface area (Å²) in [7, 11) is 0. The second kappa shape index (κ2) is 7.11. The second-order valence-corrected chi connectivity index (χ2v) is 6.12. The van der Waals surface area contributed by atoms with Crippen LogP contribution in [0.2, 0.25) is 0 Å². The van der Waals surface area contributed by atoms with Crippen molar-refractivity contribution in [3.05, 3.63) is 36.8 Å². The summed E-state index contributed by atoms with van der Waals surface area (Å²) in [5.41, 5.74) is 1.84. The van der Waals surface area contributed by atoms with Crippen molar-refractivity contribution in [2.45, 2.75) is 33.1 Å². The predicted molar refractivity (Wildman–Crippen MR) is 84.8 cm³/mol. The van der Waals surface area contributed by atoms with Crippen LogP contribution >= 0.6 is 0 Å². The Bertz CT molecular complexity index is 606. The lowest BCUT2D eigenvalue weighted by Gasteiger charge is -2.24. The van der Waals surface area contributed by atoms with Crippen molar-refractivity contribution in [2.75, 3.05) is 6.61 Å². The van der Waals surface area contributed by atoms with E-state index in [0.717, 1.165) is 23.4 Å². The number of carboxylic acid groups (broad SMARTS) is 1. The third-order valence-electron chi connectivity index (χ3n) is 3.73. The summed E-state index contributed by atoms with van der Waals surface area (Å²) in [6.07, 6.45) is 5.04. The molecule has 0 amide bonds. The smallest absolute Gasteiger partial charge is 0.303 e. The number of H-pyrrole nitrogens is 1. The van der Waals surface area contributed by atoms with E-state index in [0.29, 0.717) is 13.0 Å². The lowest BCUT2D eigenvalue weighted by Crippen LogP contribution is -2.17. The highest BCUT2D eigenvalue weighted by molar-refractivity contribution is 5.67. The Kier molecular flexibility index (Phi) is 5.20. The maximum absolute atomic E-state index is 10.7. The number of nitrogens with one attached hydrogen (secondary N) is 1. The molecule has 2 aromatic rings. The van der Waals surface area contributed by atoms with Gasteiger partial charge in [-0.05, 0) is 30.4 Å². The largest absolute Gasteiger partial charge is 0.493 e. The topological polar surface area (TPSA) is 75.2 Å². The summed E-state index contributed by atoms with van der Waals surface area (Å²) in [4.78, 5) is 17.8. The SMILES string of the molecule is CC(C)(CCOc1ccccc1-c1cnc[nH]1)CCC(=O)O. The molecule has 2 N–H and O–H groups in total. The van der Waals surface area contributed by atoms with E-state index in [1.165, 1.54) is 0 Å². The molecule has 1 aromatic carbocycles. The number of ether oxygens (including phenoxy) is 1. The maximum Gasteiger partial charge on any atom is 0.303 e. The number of carbonyl (C=O) groups is 1. The summed E-state index contributed by atoms with van der Waals surface area (Å²) in [6.45, 7) is 4.69. The molecule has 5 heteroatoms. The number of nitrogens with zero attached hydrogens (tertiary/aromatic N) is 1. The van der Waals surface area contributed by atoms with Crippen LogP contribution in [0.15, 0.2) is 36.8 Å². The maximum atomic E-state index is 10.7. The average molecular weight is 302 g/mol. The van der Waals surface area contributed by atoms with E-state index in [4.69, 9.17) is 9.84 Å². The van der Waals surface area contributed by atoms with E-state index < -0.39 is 5.97 Å². The highest BCUT2D eigenvalue weighted by Crippen LogP contribution is 2.30. The average Bonchev–Trinajstić information content (AvgIpc) is 3.00. The lowest BCUT2D eigenvalue weighted by atomic mass is 9.85. The van der Waals surface area contributed by atoms with Gasteiger partial charge in [0, 0.05) is 12.0 Å². The van der Waals surface area contributed by atoms with E-state index in [-0.39, 0.29) is 11.8 Å². The van der Waals surface area contributed by atoms with E-state index in [9.17, 15) is 4.79 Å². The third-order valence-corrected chi connectivity index (χ3v) is 3.73. The molecule has 0 saturated carbocycles. The third kappa shape index (κ3) is 4.62. The zero-order chi connectivity index (χ0) is 16.0. The monoisotopic (exact) mass is 302 g/mol. The first-order valence-corrected chi connectivity index (χ1v) is 7.40. The van der Waals surface area contributed by atoms with Crippen LogP contribution in [0.5, 0.6) is 5.75 Å². The minimum atomic E-state index is -0.751. The Morgan fingerprint density at radius 1 is 1.32 bits per heavy atom. The van der Waals surface area contributed by atoms with Crippen LogP contribution in [-0.4, -0.2) is 27.7 Å². The van der Waals surface area contributed by atoms with Crippen LogP contribution < -0.4 is 4.74 Å². The standard InChI is InChI=1S/C17H22N2O3/c1-17(2,8-7-16(20)21)9-10-22-15-6-4-3-5-13(15)14-11-18-12-19-14/h3-6,11-12H,7-10H2,1-2H3,(H,18,19)(H,20,21). The van der Waals surface area contributed by atoms with Gasteiger partial charge in [-0.1, -0.05) is 26.0 Å². The fourth-order valence-corrected chi connectivity index (χ4v) is 2.23. The number of rotatable bonds is 8. The molecular weight excluding hydrogens is 280 g/mol. The fraction of sp³-hybridized carbons (Fsp3) is 0.412. The molecule has 0 unspecified atom stereocenters. The molecule has 5 nitrogen and oxygen atoms in total. The zero-order valence-electron chi connectivity index (χ0n) is 13.0. The Labute approximate surface area is 130 Å². The quantitative estimate of drug-likeness (QED) is 0.779. The van der Waals surface area contributed by atoms with E-state index >= 15 is 0 Å². The van der Waals surface area contributed by atoms with Gasteiger partial charge in [0.2, 0.25) is 0 Å². The van der Waals surface area contributed by atoms with Gasteiger partial charge in [0.1, 0.15) is 5.75 Å². The van der Waals surface area contributed by atoms with Crippen LogP contribution in [0.25, 0.3) is 11.3 Å². The number of para-hydroxylation sites is 1. The van der Waals surface area contributed by atoms with Gasteiger partial charge in [-0.2, -0.15) is 0 Å². The predicted octanol–water partition coefficient (Wildman–Crippen LogP) is 3.74. The highest BCUT2D eigenvalue weighted by Gasteiger charge is 2.19. The Morgan fingerprint density at radius 3 is 2.77 bits per heavy atom. The molecule has 118 valence electrons. The lowest BCUT2D eigenvalue weighted by molar-refractivity contribution is -0.137. The van der Waals surface area contributed by atoms with Gasteiger partial charge < -0.3 is 14.8 Å². The number of hydrogen-bond donors (Lipinski definition) is 2. The number of aliphatic carboxylic acids is 1. The minimum Gasteiger partial charge on any atom is -0.493 e. The van der Waals surface area contributed by atoms with Gasteiger partial charge in [0.25, 0.3) is 0 Å². The number of benzene rings is 1. The van der Waals surface area contributed by atoms with E-state index in [1.807, 2.05) is 24.3 Å². The van der Waals surface area contributed by atoms with E-state index in [1.54, 1.807) is 12.5 Å². The number of aromatic amines is 1. The molecule has 0 spiro atoms. The second-order valence-electron chi connectivity index (χ2n) is 6.12. The molecule has 1 heterocycles. The molecule has 0 radical (unpaired) electrons. The van der Waals surface area contributed by atoms with Crippen LogP contribution in [0, 0.1) is 5.41 Å². The number of carboxylic acids is 1. The molecule has 0 atom stereocenters. The van der Waals surface area contributed by atoms with Gasteiger partial charge in [-0.25, -0.2) is 4.98 Å². The van der Waals surface area contributed by atoms with Crippen molar-refractivity contribution < 1.29 is 14.6 Å². The van der Waals surface area contributed by atoms with Crippen molar-refractivity contribution in [1.82, 2.24) is 9.97 Å². The van der Waals surface area contributed by atoms with Crippen LogP contribution in [0.3, 0.4) is 0 Å². The van der Waals surface area contributed by atoms with Gasteiger partial charge >= 0.3 is 5.97 Å². The molecule has 0 aliphatic carbocycles. The molecule has 22 heavy (non-hydrogen) atoms. The van der Waals surface area contributed by atoms with Crippen LogP contribution in [-0.2, 0) is 4.79 Å². The number of imidazole rings is 1. The first-order chi connectivity index (χ1) is 10.5. The molecule has 0 saturated heterocycles. The van der Waals surface area contributed by atoms with Gasteiger partial charge in [-0.15, -0.1) is 0 Å². The number of aromatic nitrogens is 2. The molecule has 2 rings (SSSR count). The minimum absolute atomic E-state index is 0.0542. The molecule has 1 aromatic heterocycles. The normalized spacial score (nSPS) is 11.4. The molecule has 0 aliphatic heterocycles. The van der Waals surface area contributed by atoms with Crippen LogP contribution in [0.4, 0.5) is 0 Å². The summed E-state index contributed by atoms with van der Waals surface area (Å²) in [5.74, 6) is 0.0550. The summed E-state index contributed by atoms with van der Waals surface area (Å²) >= 11 is 0. The number of hydrogen-bond acceptors (Lipinski definition) is 3. The summed E-state index contributed by atoms with van der Waals surface area (Å²) < 4.78 is 5.91. The summed E-state index contributed by atoms with van der Waals surface area (Å²) in [5, 5.41) is 8.78. The van der Waals surface area contributed by atoms with Crippen molar-refractivity contribution in [3.8, 4) is 17.0 Å². The Morgan fingerprint density at radius 2 is 2.09 bits per heavy atom.